The van der Waals surface area contributed by atoms with Crippen molar-refractivity contribution in [3.63, 3.8) is 0 Å². The first-order chi connectivity index (χ1) is 13.3. The van der Waals surface area contributed by atoms with Gasteiger partial charge in [-0.3, -0.25) is 0 Å². The minimum Gasteiger partial charge on any atom is -0.493 e. The number of hydrogen-bond donors (Lipinski definition) is 1. The van der Waals surface area contributed by atoms with Gasteiger partial charge in [0.2, 0.25) is 0 Å². The number of likely N-dealkylation sites (tertiary alicyclic amines) is 1. The van der Waals surface area contributed by atoms with Crippen LogP contribution in [0.15, 0.2) is 36.4 Å². The highest BCUT2D eigenvalue weighted by Gasteiger charge is 2.33. The summed E-state index contributed by atoms with van der Waals surface area (Å²) < 4.78 is 11.9. The van der Waals surface area contributed by atoms with Gasteiger partial charge < -0.3 is 19.7 Å². The lowest BCUT2D eigenvalue weighted by atomic mass is 9.84. The number of rotatable bonds is 2. The number of hydrogen-bond acceptors (Lipinski definition) is 3. The lowest BCUT2D eigenvalue weighted by Gasteiger charge is -2.33. The first-order valence-corrected chi connectivity index (χ1v) is 9.85. The van der Waals surface area contributed by atoms with E-state index in [1.54, 1.807) is 0 Å². The van der Waals surface area contributed by atoms with Gasteiger partial charge in [0.1, 0.15) is 11.5 Å². The number of anilines is 1. The summed E-state index contributed by atoms with van der Waals surface area (Å²) in [6, 6.07) is 11.8. The maximum absolute atomic E-state index is 12.6. The molecule has 0 aliphatic carbocycles. The van der Waals surface area contributed by atoms with Crippen molar-refractivity contribution in [3.8, 4) is 11.5 Å². The quantitative estimate of drug-likeness (QED) is 0.877. The van der Waals surface area contributed by atoms with Gasteiger partial charge in [-0.1, -0.05) is 18.2 Å². The molecule has 5 rings (SSSR count). The van der Waals surface area contributed by atoms with E-state index in [4.69, 9.17) is 9.47 Å². The zero-order valence-electron chi connectivity index (χ0n) is 15.4. The van der Waals surface area contributed by atoms with Crippen molar-refractivity contribution in [2.45, 2.75) is 31.6 Å². The van der Waals surface area contributed by atoms with Gasteiger partial charge in [0.05, 0.1) is 13.2 Å². The number of carbonyl (C=O) groups excluding carboxylic acids is 1. The molecular weight excluding hydrogens is 340 g/mol. The normalized spacial score (nSPS) is 18.4. The number of para-hydroxylation sites is 1. The third-order valence-corrected chi connectivity index (χ3v) is 5.91. The van der Waals surface area contributed by atoms with Gasteiger partial charge >= 0.3 is 6.03 Å². The average Bonchev–Trinajstić information content (AvgIpc) is 3.36. The number of nitrogens with zero attached hydrogens (tertiary/aromatic N) is 1. The first kappa shape index (κ1) is 16.5. The lowest BCUT2D eigenvalue weighted by molar-refractivity contribution is 0.194. The number of ether oxygens (including phenoxy) is 2. The van der Waals surface area contributed by atoms with Gasteiger partial charge in [0.25, 0.3) is 0 Å². The number of carbonyl (C=O) groups is 1. The standard InChI is InChI=1S/C22H24N2O3/c25-22(23-17-4-2-1-3-5-17)24-10-6-15(7-11-24)20-18-9-13-26-19(18)14-16-8-12-27-21(16)20/h1-5,14-15H,6-13H2,(H,23,25). The van der Waals surface area contributed by atoms with Crippen molar-refractivity contribution in [3.05, 3.63) is 53.1 Å². The molecule has 5 nitrogen and oxygen atoms in total. The van der Waals surface area contributed by atoms with Crippen molar-refractivity contribution >= 4 is 11.7 Å². The van der Waals surface area contributed by atoms with Crippen LogP contribution in [-0.4, -0.2) is 37.2 Å². The van der Waals surface area contributed by atoms with Gasteiger partial charge in [-0.05, 0) is 37.0 Å². The van der Waals surface area contributed by atoms with Crippen LogP contribution in [0.3, 0.4) is 0 Å². The van der Waals surface area contributed by atoms with Gasteiger partial charge in [0.15, 0.2) is 0 Å². The number of urea groups is 1. The van der Waals surface area contributed by atoms with E-state index in [0.717, 1.165) is 69.2 Å². The van der Waals surface area contributed by atoms with E-state index in [-0.39, 0.29) is 6.03 Å². The van der Waals surface area contributed by atoms with E-state index in [1.807, 2.05) is 35.2 Å². The molecule has 2 aromatic carbocycles. The number of piperidine rings is 1. The van der Waals surface area contributed by atoms with Gasteiger partial charge in [-0.25, -0.2) is 4.79 Å². The molecular formula is C22H24N2O3. The van der Waals surface area contributed by atoms with Crippen molar-refractivity contribution in [2.24, 2.45) is 0 Å². The molecule has 5 heteroatoms. The van der Waals surface area contributed by atoms with E-state index in [2.05, 4.69) is 11.4 Å². The molecule has 0 radical (unpaired) electrons. The van der Waals surface area contributed by atoms with Crippen LogP contribution in [0.4, 0.5) is 10.5 Å². The molecule has 0 aromatic heterocycles. The summed E-state index contributed by atoms with van der Waals surface area (Å²) in [5.74, 6) is 2.60. The summed E-state index contributed by atoms with van der Waals surface area (Å²) in [4.78, 5) is 14.5. The highest BCUT2D eigenvalue weighted by molar-refractivity contribution is 5.89. The Labute approximate surface area is 159 Å². The Balaban J connectivity index is 1.31. The summed E-state index contributed by atoms with van der Waals surface area (Å²) in [7, 11) is 0. The molecule has 1 fully saturated rings. The molecule has 3 aliphatic rings. The van der Waals surface area contributed by atoms with Gasteiger partial charge in [0, 0.05) is 48.3 Å². The van der Waals surface area contributed by atoms with Crippen LogP contribution in [0.25, 0.3) is 0 Å². The molecule has 2 amide bonds. The fourth-order valence-corrected chi connectivity index (χ4v) is 4.55. The summed E-state index contributed by atoms with van der Waals surface area (Å²) in [5, 5.41) is 2.99. The molecule has 0 saturated carbocycles. The van der Waals surface area contributed by atoms with E-state index < -0.39 is 0 Å². The van der Waals surface area contributed by atoms with E-state index in [0.29, 0.717) is 5.92 Å². The predicted octanol–water partition coefficient (Wildman–Crippen LogP) is 3.97. The molecule has 0 atom stereocenters. The Morgan fingerprint density at radius 1 is 1.04 bits per heavy atom. The second-order valence-electron chi connectivity index (χ2n) is 7.51. The monoisotopic (exact) mass is 364 g/mol. The Morgan fingerprint density at radius 3 is 2.63 bits per heavy atom. The van der Waals surface area contributed by atoms with Crippen LogP contribution in [0.1, 0.15) is 35.4 Å². The van der Waals surface area contributed by atoms with Gasteiger partial charge in [-0.2, -0.15) is 0 Å². The highest BCUT2D eigenvalue weighted by Crippen LogP contribution is 2.46. The summed E-state index contributed by atoms with van der Waals surface area (Å²) in [5.41, 5.74) is 4.83. The average molecular weight is 364 g/mol. The van der Waals surface area contributed by atoms with E-state index >= 15 is 0 Å². The summed E-state index contributed by atoms with van der Waals surface area (Å²) in [6.07, 6.45) is 3.87. The first-order valence-electron chi connectivity index (χ1n) is 9.85. The zero-order valence-corrected chi connectivity index (χ0v) is 15.4. The Morgan fingerprint density at radius 2 is 1.81 bits per heavy atom. The summed E-state index contributed by atoms with van der Waals surface area (Å²) in [6.45, 7) is 3.07. The molecule has 140 valence electrons. The third-order valence-electron chi connectivity index (χ3n) is 5.91. The maximum Gasteiger partial charge on any atom is 0.321 e. The van der Waals surface area contributed by atoms with Crippen LogP contribution in [0.2, 0.25) is 0 Å². The van der Waals surface area contributed by atoms with Crippen LogP contribution in [0, 0.1) is 0 Å². The minimum atomic E-state index is -0.0113. The predicted molar refractivity (Wildman–Crippen MR) is 104 cm³/mol. The molecule has 0 bridgehead atoms. The van der Waals surface area contributed by atoms with Crippen molar-refractivity contribution in [1.29, 1.82) is 0 Å². The third kappa shape index (κ3) is 3.01. The number of fused-ring (bicyclic) bond motifs is 2. The molecule has 1 N–H and O–H groups in total. The largest absolute Gasteiger partial charge is 0.493 e. The molecule has 1 saturated heterocycles. The topological polar surface area (TPSA) is 50.8 Å². The van der Waals surface area contributed by atoms with Crippen LogP contribution in [-0.2, 0) is 12.8 Å². The van der Waals surface area contributed by atoms with Crippen LogP contribution < -0.4 is 14.8 Å². The minimum absolute atomic E-state index is 0.0113. The van der Waals surface area contributed by atoms with E-state index in [9.17, 15) is 4.79 Å². The Kier molecular flexibility index (Phi) is 4.15. The number of nitrogens with one attached hydrogen (secondary N) is 1. The highest BCUT2D eigenvalue weighted by atomic mass is 16.5. The fraction of sp³-hybridized carbons (Fsp3) is 0.409. The Hall–Kier alpha value is -2.69. The molecule has 2 aromatic rings. The number of benzene rings is 2. The van der Waals surface area contributed by atoms with Crippen molar-refractivity contribution in [1.82, 2.24) is 4.90 Å². The maximum atomic E-state index is 12.6. The molecule has 0 spiro atoms. The Bertz CT molecular complexity index is 825. The lowest BCUT2D eigenvalue weighted by Crippen LogP contribution is -2.40. The molecule has 3 heterocycles. The van der Waals surface area contributed by atoms with E-state index in [1.165, 1.54) is 16.7 Å². The second-order valence-corrected chi connectivity index (χ2v) is 7.51. The van der Waals surface area contributed by atoms with Crippen LogP contribution in [0.5, 0.6) is 11.5 Å². The molecule has 27 heavy (non-hydrogen) atoms. The smallest absolute Gasteiger partial charge is 0.321 e. The van der Waals surface area contributed by atoms with Crippen molar-refractivity contribution in [2.75, 3.05) is 31.6 Å². The summed E-state index contributed by atoms with van der Waals surface area (Å²) >= 11 is 0. The van der Waals surface area contributed by atoms with Gasteiger partial charge in [-0.15, -0.1) is 0 Å². The molecule has 3 aliphatic heterocycles. The van der Waals surface area contributed by atoms with Crippen molar-refractivity contribution < 1.29 is 14.3 Å². The zero-order chi connectivity index (χ0) is 18.2. The second kappa shape index (κ2) is 6.80. The van der Waals surface area contributed by atoms with Crippen LogP contribution >= 0.6 is 0 Å². The number of amides is 2. The SMILES string of the molecule is O=C(Nc1ccccc1)N1CCC(c2c3c(cc4c2OCC4)OCC3)CC1. The fourth-order valence-electron chi connectivity index (χ4n) is 4.55. The molecule has 0 unspecified atom stereocenters.